The molecule has 0 atom stereocenters. The quantitative estimate of drug-likeness (QED) is 0.581. The van der Waals surface area contributed by atoms with E-state index in [2.05, 4.69) is 43.2 Å². The Kier molecular flexibility index (Phi) is 9.59. The fraction of sp³-hybridized carbons (Fsp3) is 0.692. The van der Waals surface area contributed by atoms with Crippen LogP contribution in [0.1, 0.15) is 30.6 Å². The number of thiophene rings is 1. The van der Waals surface area contributed by atoms with Crippen LogP contribution in [0.25, 0.3) is 0 Å². The molecule has 0 unspecified atom stereocenters. The lowest BCUT2D eigenvalue weighted by atomic mass is 10.1. The van der Waals surface area contributed by atoms with Crippen LogP contribution < -0.4 is 5.32 Å². The van der Waals surface area contributed by atoms with Crippen molar-refractivity contribution in [1.82, 2.24) is 5.32 Å². The molecule has 0 aliphatic rings. The van der Waals surface area contributed by atoms with Gasteiger partial charge in [0.15, 0.2) is 0 Å². The maximum absolute atomic E-state index is 4.98. The molecule has 5 heteroatoms. The first-order valence-electron chi connectivity index (χ1n) is 6.37. The molecule has 0 saturated heterocycles. The molecule has 1 aromatic rings. The summed E-state index contributed by atoms with van der Waals surface area (Å²) in [4.78, 5) is 1.46. The van der Waals surface area contributed by atoms with Crippen LogP contribution in [0.15, 0.2) is 14.3 Å². The maximum Gasteiger partial charge on any atom is 0.0843 e. The molecular formula is C13H21Br2NOS. The van der Waals surface area contributed by atoms with Crippen LogP contribution in [0.3, 0.4) is 0 Å². The first kappa shape index (κ1) is 16.6. The van der Waals surface area contributed by atoms with E-state index in [0.29, 0.717) is 0 Å². The van der Waals surface area contributed by atoms with Crippen LogP contribution >= 0.6 is 43.2 Å². The average Bonchev–Trinajstić information content (AvgIpc) is 2.67. The highest BCUT2D eigenvalue weighted by Gasteiger charge is 2.03. The second-order valence-electron chi connectivity index (χ2n) is 4.24. The van der Waals surface area contributed by atoms with E-state index >= 15 is 0 Å². The summed E-state index contributed by atoms with van der Waals surface area (Å²) in [7, 11) is 1.74. The number of halogens is 2. The number of methoxy groups -OCH3 is 1. The molecule has 0 bridgehead atoms. The Bertz CT molecular complexity index is 311. The largest absolute Gasteiger partial charge is 0.383 e. The Labute approximate surface area is 131 Å². The van der Waals surface area contributed by atoms with Crippen molar-refractivity contribution in [1.29, 1.82) is 0 Å². The molecule has 0 aromatic carbocycles. The molecule has 0 amide bonds. The topological polar surface area (TPSA) is 21.3 Å². The highest BCUT2D eigenvalue weighted by molar-refractivity contribution is 9.13. The molecule has 1 rings (SSSR count). The minimum absolute atomic E-state index is 0.808. The Hall–Kier alpha value is 0.580. The second kappa shape index (κ2) is 10.4. The molecule has 0 radical (unpaired) electrons. The normalized spacial score (nSPS) is 11.1. The zero-order valence-corrected chi connectivity index (χ0v) is 14.8. The van der Waals surface area contributed by atoms with Crippen LogP contribution in [-0.4, -0.2) is 26.8 Å². The third-order valence-electron chi connectivity index (χ3n) is 2.71. The summed E-state index contributed by atoms with van der Waals surface area (Å²) < 4.78 is 7.37. The number of ether oxygens (including phenoxy) is 1. The lowest BCUT2D eigenvalue weighted by molar-refractivity contribution is 0.199. The van der Waals surface area contributed by atoms with Gasteiger partial charge in [0.25, 0.3) is 0 Å². The fourth-order valence-electron chi connectivity index (χ4n) is 1.72. The summed E-state index contributed by atoms with van der Waals surface area (Å²) in [6.07, 6.45) is 6.39. The maximum atomic E-state index is 4.98. The summed E-state index contributed by atoms with van der Waals surface area (Å²) in [5.41, 5.74) is 0. The third-order valence-corrected chi connectivity index (χ3v) is 6.02. The number of unbranched alkanes of at least 4 members (excludes halogenated alkanes) is 3. The van der Waals surface area contributed by atoms with E-state index in [1.807, 2.05) is 11.3 Å². The van der Waals surface area contributed by atoms with Crippen molar-refractivity contribution in [2.75, 3.05) is 26.8 Å². The molecule has 18 heavy (non-hydrogen) atoms. The summed E-state index contributed by atoms with van der Waals surface area (Å²) in [6, 6.07) is 2.22. The Morgan fingerprint density at radius 1 is 1.17 bits per heavy atom. The highest BCUT2D eigenvalue weighted by Crippen LogP contribution is 2.33. The van der Waals surface area contributed by atoms with E-state index in [0.717, 1.165) is 19.7 Å². The van der Waals surface area contributed by atoms with Crippen molar-refractivity contribution in [3.8, 4) is 0 Å². The third kappa shape index (κ3) is 7.24. The average molecular weight is 399 g/mol. The predicted molar refractivity (Wildman–Crippen MR) is 86.6 cm³/mol. The lowest BCUT2D eigenvalue weighted by Gasteiger charge is -2.03. The second-order valence-corrected chi connectivity index (χ2v) is 7.55. The van der Waals surface area contributed by atoms with Gasteiger partial charge in [0.2, 0.25) is 0 Å². The van der Waals surface area contributed by atoms with Gasteiger partial charge in [-0.2, -0.15) is 0 Å². The molecule has 104 valence electrons. The predicted octanol–water partition coefficient (Wildman–Crippen LogP) is 4.61. The SMILES string of the molecule is COCCNCCCCCCc1cc(Br)c(Br)s1. The molecule has 0 aliphatic carbocycles. The number of aryl methyl sites for hydroxylation is 1. The fourth-order valence-corrected chi connectivity index (χ4v) is 3.94. The van der Waals surface area contributed by atoms with E-state index in [1.54, 1.807) is 7.11 Å². The van der Waals surface area contributed by atoms with Gasteiger partial charge in [0.05, 0.1) is 10.4 Å². The van der Waals surface area contributed by atoms with Crippen LogP contribution in [0.4, 0.5) is 0 Å². The zero-order chi connectivity index (χ0) is 13.2. The van der Waals surface area contributed by atoms with Crippen molar-refractivity contribution in [3.05, 3.63) is 19.2 Å². The van der Waals surface area contributed by atoms with Gasteiger partial charge in [-0.05, 0) is 63.7 Å². The molecular weight excluding hydrogens is 378 g/mol. The van der Waals surface area contributed by atoms with Crippen molar-refractivity contribution in [2.45, 2.75) is 32.1 Å². The lowest BCUT2D eigenvalue weighted by Crippen LogP contribution is -2.20. The molecule has 0 spiro atoms. The van der Waals surface area contributed by atoms with Gasteiger partial charge in [-0.1, -0.05) is 12.8 Å². The minimum atomic E-state index is 0.808. The molecule has 1 N–H and O–H groups in total. The van der Waals surface area contributed by atoms with E-state index in [9.17, 15) is 0 Å². The van der Waals surface area contributed by atoms with E-state index in [4.69, 9.17) is 4.74 Å². The monoisotopic (exact) mass is 397 g/mol. The van der Waals surface area contributed by atoms with Crippen LogP contribution in [0.2, 0.25) is 0 Å². The Morgan fingerprint density at radius 3 is 2.61 bits per heavy atom. The standard InChI is InChI=1S/C13H21Br2NOS/c1-17-9-8-16-7-5-3-2-4-6-11-10-12(14)13(15)18-11/h10,16H,2-9H2,1H3. The Morgan fingerprint density at radius 2 is 1.94 bits per heavy atom. The van der Waals surface area contributed by atoms with Crippen molar-refractivity contribution < 1.29 is 4.74 Å². The number of nitrogens with one attached hydrogen (secondary N) is 1. The van der Waals surface area contributed by atoms with E-state index in [1.165, 1.54) is 45.2 Å². The van der Waals surface area contributed by atoms with Gasteiger partial charge in [-0.25, -0.2) is 0 Å². The molecule has 0 fully saturated rings. The smallest absolute Gasteiger partial charge is 0.0843 e. The summed E-state index contributed by atoms with van der Waals surface area (Å²) >= 11 is 8.89. The number of hydrogen-bond acceptors (Lipinski definition) is 3. The van der Waals surface area contributed by atoms with Gasteiger partial charge in [-0.3, -0.25) is 0 Å². The molecule has 2 nitrogen and oxygen atoms in total. The van der Waals surface area contributed by atoms with Crippen LogP contribution in [0.5, 0.6) is 0 Å². The van der Waals surface area contributed by atoms with Gasteiger partial charge in [-0.15, -0.1) is 11.3 Å². The van der Waals surface area contributed by atoms with Gasteiger partial charge < -0.3 is 10.1 Å². The summed E-state index contributed by atoms with van der Waals surface area (Å²) in [6.45, 7) is 2.88. The van der Waals surface area contributed by atoms with E-state index in [-0.39, 0.29) is 0 Å². The van der Waals surface area contributed by atoms with Crippen LogP contribution in [-0.2, 0) is 11.2 Å². The molecule has 0 aliphatic heterocycles. The zero-order valence-electron chi connectivity index (χ0n) is 10.8. The van der Waals surface area contributed by atoms with E-state index < -0.39 is 0 Å². The highest BCUT2D eigenvalue weighted by atomic mass is 79.9. The van der Waals surface area contributed by atoms with Crippen molar-refractivity contribution in [2.24, 2.45) is 0 Å². The van der Waals surface area contributed by atoms with Crippen molar-refractivity contribution in [3.63, 3.8) is 0 Å². The first-order chi connectivity index (χ1) is 8.74. The number of hydrogen-bond donors (Lipinski definition) is 1. The Balaban J connectivity index is 1.92. The minimum Gasteiger partial charge on any atom is -0.383 e. The summed E-state index contributed by atoms with van der Waals surface area (Å²) in [5, 5.41) is 3.37. The molecule has 1 aromatic heterocycles. The number of rotatable bonds is 10. The molecule has 0 saturated carbocycles. The van der Waals surface area contributed by atoms with Crippen molar-refractivity contribution >= 4 is 43.2 Å². The molecule has 1 heterocycles. The van der Waals surface area contributed by atoms with Crippen LogP contribution in [0, 0.1) is 0 Å². The summed E-state index contributed by atoms with van der Waals surface area (Å²) in [5.74, 6) is 0. The van der Waals surface area contributed by atoms with Gasteiger partial charge in [0, 0.05) is 23.0 Å². The first-order valence-corrected chi connectivity index (χ1v) is 8.77. The van der Waals surface area contributed by atoms with Gasteiger partial charge >= 0.3 is 0 Å². The van der Waals surface area contributed by atoms with Gasteiger partial charge in [0.1, 0.15) is 0 Å².